The number of rotatable bonds is 5. The Morgan fingerprint density at radius 3 is 2.25 bits per heavy atom. The van der Waals surface area contributed by atoms with Crippen molar-refractivity contribution in [2.75, 3.05) is 11.5 Å². The van der Waals surface area contributed by atoms with E-state index >= 15 is 0 Å². The number of aryl methyl sites for hydroxylation is 2. The van der Waals surface area contributed by atoms with Gasteiger partial charge in [-0.25, -0.2) is 0 Å². The van der Waals surface area contributed by atoms with Gasteiger partial charge in [0.15, 0.2) is 0 Å². The summed E-state index contributed by atoms with van der Waals surface area (Å²) in [5, 5.41) is 11.2. The molecular weight excluding hydrogens is 402 g/mol. The number of nitrogens with zero attached hydrogens (tertiary/aromatic N) is 1. The Morgan fingerprint density at radius 1 is 0.938 bits per heavy atom. The molecule has 5 nitrogen and oxygen atoms in total. The number of anilines is 1. The summed E-state index contributed by atoms with van der Waals surface area (Å²) in [4.78, 5) is 27.8. The third-order valence-electron chi connectivity index (χ3n) is 5.77. The fourth-order valence-corrected chi connectivity index (χ4v) is 3.96. The first-order valence-corrected chi connectivity index (χ1v) is 10.6. The van der Waals surface area contributed by atoms with Crippen LogP contribution in [-0.4, -0.2) is 23.4 Å². The maximum Gasteiger partial charge on any atom is 0.300 e. The third kappa shape index (κ3) is 3.78. The van der Waals surface area contributed by atoms with Crippen LogP contribution in [-0.2, 0) is 9.59 Å². The molecule has 162 valence electrons. The third-order valence-corrected chi connectivity index (χ3v) is 5.77. The zero-order valence-corrected chi connectivity index (χ0v) is 18.3. The zero-order chi connectivity index (χ0) is 22.8. The number of ether oxygens (including phenoxy) is 1. The number of hydrogen-bond acceptors (Lipinski definition) is 4. The van der Waals surface area contributed by atoms with Gasteiger partial charge in [-0.2, -0.15) is 0 Å². The van der Waals surface area contributed by atoms with Crippen LogP contribution >= 0.6 is 0 Å². The van der Waals surface area contributed by atoms with E-state index in [9.17, 15) is 14.7 Å². The second-order valence-electron chi connectivity index (χ2n) is 7.81. The topological polar surface area (TPSA) is 66.8 Å². The smallest absolute Gasteiger partial charge is 0.300 e. The van der Waals surface area contributed by atoms with Crippen LogP contribution in [0.3, 0.4) is 0 Å². The summed E-state index contributed by atoms with van der Waals surface area (Å²) in [6, 6.07) is 21.1. The molecule has 1 saturated heterocycles. The first kappa shape index (κ1) is 21.4. The van der Waals surface area contributed by atoms with E-state index in [0.717, 1.165) is 16.7 Å². The van der Waals surface area contributed by atoms with Gasteiger partial charge in [0, 0.05) is 11.3 Å². The number of carbonyl (C=O) groups is 2. The first-order chi connectivity index (χ1) is 15.4. The second-order valence-corrected chi connectivity index (χ2v) is 7.81. The average Bonchev–Trinajstić information content (AvgIpc) is 3.07. The zero-order valence-electron chi connectivity index (χ0n) is 18.3. The highest BCUT2D eigenvalue weighted by molar-refractivity contribution is 6.51. The van der Waals surface area contributed by atoms with Gasteiger partial charge in [0.05, 0.1) is 18.2 Å². The summed E-state index contributed by atoms with van der Waals surface area (Å²) in [6.45, 7) is 6.38. The molecule has 1 atom stereocenters. The largest absolute Gasteiger partial charge is 0.507 e. The molecular formula is C27H25NO4. The minimum Gasteiger partial charge on any atom is -0.507 e. The molecule has 0 saturated carbocycles. The predicted octanol–water partition coefficient (Wildman–Crippen LogP) is 5.33. The standard InChI is InChI=1S/C27H25NO4/c1-4-32-22-14-11-20(12-15-22)25(29)23-24(19-8-6-5-7-9-19)28(27(31)26(23)30)21-13-10-17(2)18(3)16-21/h5-16,24,29H,4H2,1-3H3/b25-23+. The van der Waals surface area contributed by atoms with Gasteiger partial charge in [-0.1, -0.05) is 36.4 Å². The molecule has 3 aromatic carbocycles. The Hall–Kier alpha value is -3.86. The molecule has 32 heavy (non-hydrogen) atoms. The molecule has 1 fully saturated rings. The minimum absolute atomic E-state index is 0.0728. The fourth-order valence-electron chi connectivity index (χ4n) is 3.96. The van der Waals surface area contributed by atoms with E-state index in [-0.39, 0.29) is 11.3 Å². The van der Waals surface area contributed by atoms with Gasteiger partial charge in [-0.3, -0.25) is 14.5 Å². The number of hydrogen-bond donors (Lipinski definition) is 1. The lowest BCUT2D eigenvalue weighted by Gasteiger charge is -2.26. The predicted molar refractivity (Wildman–Crippen MR) is 125 cm³/mol. The Balaban J connectivity index is 1.88. The van der Waals surface area contributed by atoms with Gasteiger partial charge in [0.25, 0.3) is 11.7 Å². The maximum atomic E-state index is 13.2. The van der Waals surface area contributed by atoms with E-state index in [4.69, 9.17) is 4.74 Å². The van der Waals surface area contributed by atoms with Crippen LogP contribution in [0.4, 0.5) is 5.69 Å². The van der Waals surface area contributed by atoms with Crippen molar-refractivity contribution >= 4 is 23.1 Å². The number of aliphatic hydroxyl groups is 1. The van der Waals surface area contributed by atoms with E-state index < -0.39 is 17.7 Å². The van der Waals surface area contributed by atoms with Crippen molar-refractivity contribution in [1.29, 1.82) is 0 Å². The Labute approximate surface area is 187 Å². The van der Waals surface area contributed by atoms with Crippen molar-refractivity contribution in [2.24, 2.45) is 0 Å². The minimum atomic E-state index is -0.732. The highest BCUT2D eigenvalue weighted by atomic mass is 16.5. The van der Waals surface area contributed by atoms with Gasteiger partial charge in [0.2, 0.25) is 0 Å². The van der Waals surface area contributed by atoms with Crippen LogP contribution in [0, 0.1) is 13.8 Å². The normalized spacial score (nSPS) is 17.6. The van der Waals surface area contributed by atoms with E-state index in [0.29, 0.717) is 23.6 Å². The van der Waals surface area contributed by atoms with Crippen LogP contribution in [0.5, 0.6) is 5.75 Å². The summed E-state index contributed by atoms with van der Waals surface area (Å²) in [5.41, 5.74) is 4.00. The molecule has 0 spiro atoms. The molecule has 4 rings (SSSR count). The van der Waals surface area contributed by atoms with Crippen molar-refractivity contribution in [3.63, 3.8) is 0 Å². The van der Waals surface area contributed by atoms with Crippen LogP contribution in [0.1, 0.15) is 35.2 Å². The fraction of sp³-hybridized carbons (Fsp3) is 0.185. The molecule has 1 N–H and O–H groups in total. The van der Waals surface area contributed by atoms with Gasteiger partial charge in [-0.05, 0) is 73.9 Å². The number of amides is 1. The van der Waals surface area contributed by atoms with E-state index in [1.165, 1.54) is 4.90 Å². The summed E-state index contributed by atoms with van der Waals surface area (Å²) in [6.07, 6.45) is 0. The number of aliphatic hydroxyl groups excluding tert-OH is 1. The number of ketones is 1. The van der Waals surface area contributed by atoms with Crippen LogP contribution in [0.25, 0.3) is 5.76 Å². The van der Waals surface area contributed by atoms with Crippen LogP contribution in [0.15, 0.2) is 78.4 Å². The Kier molecular flexibility index (Phi) is 5.82. The van der Waals surface area contributed by atoms with Gasteiger partial charge in [-0.15, -0.1) is 0 Å². The lowest BCUT2D eigenvalue weighted by Crippen LogP contribution is -2.29. The molecule has 1 heterocycles. The lowest BCUT2D eigenvalue weighted by molar-refractivity contribution is -0.132. The molecule has 5 heteroatoms. The first-order valence-electron chi connectivity index (χ1n) is 10.6. The van der Waals surface area contributed by atoms with Gasteiger partial charge >= 0.3 is 0 Å². The van der Waals surface area contributed by atoms with Gasteiger partial charge < -0.3 is 9.84 Å². The molecule has 0 aromatic heterocycles. The molecule has 1 unspecified atom stereocenters. The number of Topliss-reactive ketones (excluding diaryl/α,β-unsaturated/α-hetero) is 1. The highest BCUT2D eigenvalue weighted by Crippen LogP contribution is 2.42. The Bertz CT molecular complexity index is 1200. The van der Waals surface area contributed by atoms with Crippen LogP contribution < -0.4 is 9.64 Å². The molecule has 0 aliphatic carbocycles. The number of benzene rings is 3. The maximum absolute atomic E-state index is 13.2. The summed E-state index contributed by atoms with van der Waals surface area (Å²) in [7, 11) is 0. The van der Waals surface area contributed by atoms with Crippen molar-refractivity contribution in [2.45, 2.75) is 26.8 Å². The second kappa shape index (κ2) is 8.71. The molecule has 1 aliphatic heterocycles. The Morgan fingerprint density at radius 2 is 1.62 bits per heavy atom. The SMILES string of the molecule is CCOc1ccc(/C(O)=C2\C(=O)C(=O)N(c3ccc(C)c(C)c3)C2c2ccccc2)cc1. The van der Waals surface area contributed by atoms with E-state index in [2.05, 4.69) is 0 Å². The quantitative estimate of drug-likeness (QED) is 0.340. The van der Waals surface area contributed by atoms with Crippen molar-refractivity contribution in [3.8, 4) is 5.75 Å². The van der Waals surface area contributed by atoms with Crippen molar-refractivity contribution < 1.29 is 19.4 Å². The van der Waals surface area contributed by atoms with Crippen molar-refractivity contribution in [3.05, 3.63) is 101 Å². The molecule has 0 bridgehead atoms. The summed E-state index contributed by atoms with van der Waals surface area (Å²) < 4.78 is 5.46. The molecule has 1 aliphatic rings. The van der Waals surface area contributed by atoms with E-state index in [1.54, 1.807) is 24.3 Å². The molecule has 3 aromatic rings. The summed E-state index contributed by atoms with van der Waals surface area (Å²) >= 11 is 0. The van der Waals surface area contributed by atoms with Crippen molar-refractivity contribution in [1.82, 2.24) is 0 Å². The molecule has 0 radical (unpaired) electrons. The van der Waals surface area contributed by atoms with E-state index in [1.807, 2.05) is 69.3 Å². The molecule has 1 amide bonds. The number of carbonyl (C=O) groups excluding carboxylic acids is 2. The van der Waals surface area contributed by atoms with Crippen LogP contribution in [0.2, 0.25) is 0 Å². The summed E-state index contributed by atoms with van der Waals surface area (Å²) in [5.74, 6) is -0.899. The van der Waals surface area contributed by atoms with Gasteiger partial charge in [0.1, 0.15) is 11.5 Å². The highest BCUT2D eigenvalue weighted by Gasteiger charge is 2.46. The average molecular weight is 428 g/mol. The lowest BCUT2D eigenvalue weighted by atomic mass is 9.95. The monoisotopic (exact) mass is 427 g/mol.